The van der Waals surface area contributed by atoms with Crippen molar-refractivity contribution in [3.63, 3.8) is 0 Å². The van der Waals surface area contributed by atoms with Crippen molar-refractivity contribution in [2.24, 2.45) is 0 Å². The van der Waals surface area contributed by atoms with Gasteiger partial charge in [0.05, 0.1) is 32.0 Å². The Hall–Kier alpha value is -2.55. The third kappa shape index (κ3) is 3.76. The molecule has 2 amide bonds. The van der Waals surface area contributed by atoms with Crippen LogP contribution in [0.1, 0.15) is 6.92 Å². The van der Waals surface area contributed by atoms with Gasteiger partial charge in [-0.2, -0.15) is 0 Å². The summed E-state index contributed by atoms with van der Waals surface area (Å²) in [5, 5.41) is 12.8. The van der Waals surface area contributed by atoms with E-state index in [9.17, 15) is 19.1 Å². The van der Waals surface area contributed by atoms with Gasteiger partial charge in [0.25, 0.3) is 0 Å². The van der Waals surface area contributed by atoms with Crippen LogP contribution >= 0.6 is 0 Å². The molecule has 8 nitrogen and oxygen atoms in total. The number of anilines is 2. The van der Waals surface area contributed by atoms with Crippen LogP contribution in [0, 0.1) is 5.82 Å². The van der Waals surface area contributed by atoms with Crippen LogP contribution < -0.4 is 15.1 Å². The molecule has 0 aromatic heterocycles. The van der Waals surface area contributed by atoms with Crippen molar-refractivity contribution in [2.75, 3.05) is 49.2 Å². The Labute approximate surface area is 144 Å². The lowest BCUT2D eigenvalue weighted by atomic mass is 10.2. The summed E-state index contributed by atoms with van der Waals surface area (Å²) in [5.74, 6) is -1.09. The molecule has 0 unspecified atom stereocenters. The monoisotopic (exact) mass is 353 g/mol. The predicted octanol–water partition coefficient (Wildman–Crippen LogP) is 0.829. The van der Waals surface area contributed by atoms with Crippen molar-refractivity contribution in [1.82, 2.24) is 5.32 Å². The van der Waals surface area contributed by atoms with Crippen LogP contribution in [0.3, 0.4) is 0 Å². The predicted molar refractivity (Wildman–Crippen MR) is 87.4 cm³/mol. The van der Waals surface area contributed by atoms with Crippen molar-refractivity contribution in [2.45, 2.75) is 13.0 Å². The molecule has 2 fully saturated rings. The Morgan fingerprint density at radius 3 is 2.76 bits per heavy atom. The summed E-state index contributed by atoms with van der Waals surface area (Å²) in [7, 11) is 0. The van der Waals surface area contributed by atoms with Crippen LogP contribution in [-0.4, -0.2) is 62.6 Å². The number of halogens is 1. The summed E-state index contributed by atoms with van der Waals surface area (Å²) >= 11 is 0. The fraction of sp³-hybridized carbons (Fsp3) is 0.500. The highest BCUT2D eigenvalue weighted by Crippen LogP contribution is 2.36. The first-order chi connectivity index (χ1) is 12.0. The number of carbonyl (C=O) groups excluding carboxylic acids is 2. The lowest BCUT2D eigenvalue weighted by Crippen LogP contribution is -2.37. The Balaban J connectivity index is 1.76. The molecule has 2 N–H and O–H groups in total. The van der Waals surface area contributed by atoms with E-state index >= 15 is 0 Å². The third-order valence-electron chi connectivity index (χ3n) is 4.12. The maximum atomic E-state index is 14.5. The molecule has 0 aliphatic carbocycles. The summed E-state index contributed by atoms with van der Waals surface area (Å²) in [4.78, 5) is 25.9. The molecule has 2 aliphatic heterocycles. The number of amides is 2. The summed E-state index contributed by atoms with van der Waals surface area (Å²) in [5.41, 5.74) is 0.316. The zero-order valence-corrected chi connectivity index (χ0v) is 13.8. The lowest BCUT2D eigenvalue weighted by molar-refractivity contribution is -0.119. The maximum absolute atomic E-state index is 14.5. The van der Waals surface area contributed by atoms with Gasteiger partial charge in [0, 0.05) is 32.1 Å². The van der Waals surface area contributed by atoms with Gasteiger partial charge in [-0.1, -0.05) is 0 Å². The number of phenols is 1. The molecule has 0 spiro atoms. The number of cyclic esters (lactones) is 1. The van der Waals surface area contributed by atoms with Crippen LogP contribution in [0.5, 0.6) is 5.75 Å². The van der Waals surface area contributed by atoms with Crippen LogP contribution in [0.25, 0.3) is 0 Å². The van der Waals surface area contributed by atoms with Gasteiger partial charge in [0.2, 0.25) is 5.91 Å². The van der Waals surface area contributed by atoms with Crippen LogP contribution in [-0.2, 0) is 14.3 Å². The van der Waals surface area contributed by atoms with Crippen molar-refractivity contribution < 1.29 is 28.6 Å². The largest absolute Gasteiger partial charge is 0.506 e. The molecule has 2 saturated heterocycles. The van der Waals surface area contributed by atoms with E-state index in [2.05, 4.69) is 5.32 Å². The molecule has 25 heavy (non-hydrogen) atoms. The highest BCUT2D eigenvalue weighted by Gasteiger charge is 2.33. The zero-order valence-electron chi connectivity index (χ0n) is 13.8. The van der Waals surface area contributed by atoms with E-state index in [0.717, 1.165) is 0 Å². The molecule has 9 heteroatoms. The molecule has 0 bridgehead atoms. The highest BCUT2D eigenvalue weighted by molar-refractivity contribution is 5.90. The second-order valence-electron chi connectivity index (χ2n) is 5.95. The number of rotatable bonds is 4. The van der Waals surface area contributed by atoms with Gasteiger partial charge in [-0.15, -0.1) is 0 Å². The number of carbonyl (C=O) groups is 2. The molecule has 3 rings (SSSR count). The quantitative estimate of drug-likeness (QED) is 0.833. The van der Waals surface area contributed by atoms with Gasteiger partial charge < -0.3 is 24.8 Å². The Morgan fingerprint density at radius 1 is 1.40 bits per heavy atom. The molecule has 0 radical (unpaired) electrons. The van der Waals surface area contributed by atoms with E-state index in [1.807, 2.05) is 0 Å². The Kier molecular flexibility index (Phi) is 4.93. The second kappa shape index (κ2) is 7.14. The van der Waals surface area contributed by atoms with Crippen LogP contribution in [0.2, 0.25) is 0 Å². The van der Waals surface area contributed by atoms with E-state index in [1.165, 1.54) is 24.0 Å². The van der Waals surface area contributed by atoms with E-state index in [-0.39, 0.29) is 36.1 Å². The smallest absolute Gasteiger partial charge is 0.414 e. The average molecular weight is 353 g/mol. The van der Waals surface area contributed by atoms with Gasteiger partial charge in [-0.05, 0) is 0 Å². The van der Waals surface area contributed by atoms with Gasteiger partial charge in [0.15, 0.2) is 5.82 Å². The third-order valence-corrected chi connectivity index (χ3v) is 4.12. The summed E-state index contributed by atoms with van der Waals surface area (Å²) in [6.07, 6.45) is -1.17. The number of ether oxygens (including phenoxy) is 2. The molecule has 1 aromatic carbocycles. The van der Waals surface area contributed by atoms with E-state index in [4.69, 9.17) is 9.47 Å². The van der Waals surface area contributed by atoms with Crippen molar-refractivity contribution >= 4 is 23.4 Å². The molecular weight excluding hydrogens is 333 g/mol. The lowest BCUT2D eigenvalue weighted by Gasteiger charge is -2.30. The first-order valence-corrected chi connectivity index (χ1v) is 8.03. The number of aromatic hydroxyl groups is 1. The Bertz CT molecular complexity index is 655. The molecule has 0 saturated carbocycles. The van der Waals surface area contributed by atoms with Gasteiger partial charge in [-0.3, -0.25) is 9.69 Å². The number of nitrogens with zero attached hydrogens (tertiary/aromatic N) is 2. The first kappa shape index (κ1) is 17.3. The van der Waals surface area contributed by atoms with Crippen molar-refractivity contribution in [3.8, 4) is 5.75 Å². The molecule has 136 valence electrons. The maximum Gasteiger partial charge on any atom is 0.414 e. The van der Waals surface area contributed by atoms with E-state index < -0.39 is 18.0 Å². The van der Waals surface area contributed by atoms with Crippen LogP contribution in [0.4, 0.5) is 20.6 Å². The van der Waals surface area contributed by atoms with Crippen molar-refractivity contribution in [1.29, 1.82) is 0 Å². The minimum Gasteiger partial charge on any atom is -0.506 e. The standard InChI is InChI=1S/C16H20FN3O5/c1-10(21)18-8-12-9-20(16(23)25-12)11-6-13(17)15(14(22)7-11)19-2-4-24-5-3-19/h6-7,12,22H,2-5,8-9H2,1H3,(H,18,21)/t12-/m0/s1. The molecule has 1 aromatic rings. The van der Waals surface area contributed by atoms with E-state index in [1.54, 1.807) is 4.90 Å². The number of hydrogen-bond donors (Lipinski definition) is 2. The minimum atomic E-state index is -0.645. The molecular formula is C16H20FN3O5. The number of nitrogens with one attached hydrogen (secondary N) is 1. The van der Waals surface area contributed by atoms with Gasteiger partial charge >= 0.3 is 6.09 Å². The summed E-state index contributed by atoms with van der Waals surface area (Å²) in [6, 6.07) is 2.54. The number of phenolic OH excluding ortho intramolecular Hbond substituents is 1. The minimum absolute atomic E-state index is 0.106. The fourth-order valence-electron chi connectivity index (χ4n) is 2.92. The molecule has 2 aliphatic rings. The highest BCUT2D eigenvalue weighted by atomic mass is 19.1. The van der Waals surface area contributed by atoms with Gasteiger partial charge in [-0.25, -0.2) is 9.18 Å². The fourth-order valence-corrected chi connectivity index (χ4v) is 2.92. The Morgan fingerprint density at radius 2 is 2.12 bits per heavy atom. The number of hydrogen-bond acceptors (Lipinski definition) is 6. The first-order valence-electron chi connectivity index (χ1n) is 8.03. The van der Waals surface area contributed by atoms with Crippen molar-refractivity contribution in [3.05, 3.63) is 17.9 Å². The summed E-state index contributed by atoms with van der Waals surface area (Å²) in [6.45, 7) is 3.59. The topological polar surface area (TPSA) is 91.3 Å². The van der Waals surface area contributed by atoms with E-state index in [0.29, 0.717) is 26.3 Å². The number of morpholine rings is 1. The zero-order chi connectivity index (χ0) is 18.0. The molecule has 2 heterocycles. The van der Waals surface area contributed by atoms with Gasteiger partial charge in [0.1, 0.15) is 17.5 Å². The average Bonchev–Trinajstić information content (AvgIpc) is 2.94. The number of benzene rings is 1. The van der Waals surface area contributed by atoms with Crippen LogP contribution in [0.15, 0.2) is 12.1 Å². The second-order valence-corrected chi connectivity index (χ2v) is 5.95. The molecule has 1 atom stereocenters. The SMILES string of the molecule is CC(=O)NC[C@H]1CN(c2cc(O)c(N3CCOCC3)c(F)c2)C(=O)O1. The normalized spacial score (nSPS) is 20.6. The summed E-state index contributed by atoms with van der Waals surface area (Å²) < 4.78 is 24.9.